The largest absolute Gasteiger partial charge is 0.493 e. The number of amides is 5. The number of sulfone groups is 1. The zero-order valence-corrected chi connectivity index (χ0v) is 48.8. The smallest absolute Gasteiger partial charge is 0.260 e. The molecule has 0 radical (unpaired) electrons. The maximum Gasteiger partial charge on any atom is 0.260 e. The first kappa shape index (κ1) is 59.7. The van der Waals surface area contributed by atoms with Crippen molar-refractivity contribution < 1.29 is 51.3 Å². The zero-order valence-electron chi connectivity index (χ0n) is 47.9. The number of aromatic nitrogens is 2. The Morgan fingerprint density at radius 2 is 1.45 bits per heavy atom. The molecule has 9 rings (SSSR count). The van der Waals surface area contributed by atoms with Crippen LogP contribution < -0.4 is 51.3 Å². The Balaban J connectivity index is 0.735. The maximum absolute atomic E-state index is 14.2. The zero-order chi connectivity index (χ0) is 58.8. The van der Waals surface area contributed by atoms with Crippen LogP contribution in [0.25, 0.3) is 5.57 Å². The third-order valence-corrected chi connectivity index (χ3v) is 16.8. The van der Waals surface area contributed by atoms with Gasteiger partial charge in [0.2, 0.25) is 32.7 Å². The van der Waals surface area contributed by atoms with E-state index in [-0.39, 0.29) is 47.3 Å². The van der Waals surface area contributed by atoms with Crippen LogP contribution >= 0.6 is 0 Å². The molecular weight excluding hydrogens is 1080 g/mol. The molecule has 3 aromatic carbocycles. The van der Waals surface area contributed by atoms with Crippen LogP contribution in [-0.2, 0) is 24.2 Å². The summed E-state index contributed by atoms with van der Waals surface area (Å²) >= 11 is 0. The number of nitrogens with two attached hydrogens (primary N) is 1. The monoisotopic (exact) mass is 1160 g/mol. The molecule has 5 heterocycles. The summed E-state index contributed by atoms with van der Waals surface area (Å²) in [6.45, 7) is 7.01. The first-order chi connectivity index (χ1) is 40.0. The van der Waals surface area contributed by atoms with Gasteiger partial charge in [-0.2, -0.15) is 0 Å². The minimum absolute atomic E-state index is 0.0550. The molecular formula is C61H76N10O11S. The van der Waals surface area contributed by atoms with E-state index in [2.05, 4.69) is 48.4 Å². The highest BCUT2D eigenvalue weighted by Crippen LogP contribution is 2.55. The number of rotatable bonds is 25. The van der Waals surface area contributed by atoms with Gasteiger partial charge in [-0.1, -0.05) is 37.8 Å². The van der Waals surface area contributed by atoms with Crippen LogP contribution in [0.1, 0.15) is 129 Å². The lowest BCUT2D eigenvalue weighted by Gasteiger charge is -2.25. The fraction of sp³-hybridized carbons (Fsp3) is 0.492. The van der Waals surface area contributed by atoms with Crippen molar-refractivity contribution in [3.05, 3.63) is 89.4 Å². The Hall–Kier alpha value is -7.90. The molecule has 442 valence electrons. The van der Waals surface area contributed by atoms with E-state index in [0.717, 1.165) is 61.9 Å². The lowest BCUT2D eigenvalue weighted by molar-refractivity contribution is -0.132. The summed E-state index contributed by atoms with van der Waals surface area (Å²) in [5.74, 6) is 6.28. The lowest BCUT2D eigenvalue weighted by Crippen LogP contribution is -2.54. The average molecular weight is 1160 g/mol. The first-order valence-corrected chi connectivity index (χ1v) is 30.6. The fourth-order valence-electron chi connectivity index (χ4n) is 11.1. The molecule has 0 bridgehead atoms. The Morgan fingerprint density at radius 1 is 0.807 bits per heavy atom. The lowest BCUT2D eigenvalue weighted by atomic mass is 10.0. The number of ether oxygens (including phenoxy) is 4. The number of fused-ring (bicyclic) bond motifs is 4. The summed E-state index contributed by atoms with van der Waals surface area (Å²) < 4.78 is 47.1. The Kier molecular flexibility index (Phi) is 19.1. The van der Waals surface area contributed by atoms with Gasteiger partial charge in [-0.05, 0) is 124 Å². The second-order valence-corrected chi connectivity index (χ2v) is 24.4. The Bertz CT molecular complexity index is 3270. The van der Waals surface area contributed by atoms with Crippen LogP contribution in [0.5, 0.6) is 23.0 Å². The van der Waals surface area contributed by atoms with E-state index < -0.39 is 33.7 Å². The molecule has 0 unspecified atom stereocenters. The normalized spacial score (nSPS) is 18.0. The molecule has 4 aromatic rings. The van der Waals surface area contributed by atoms with Crippen molar-refractivity contribution >= 4 is 62.0 Å². The number of benzene rings is 3. The van der Waals surface area contributed by atoms with E-state index in [1.54, 1.807) is 43.4 Å². The van der Waals surface area contributed by atoms with Crippen molar-refractivity contribution in [1.29, 1.82) is 0 Å². The molecule has 83 heavy (non-hydrogen) atoms. The van der Waals surface area contributed by atoms with E-state index in [4.69, 9.17) is 24.7 Å². The Labute approximate surface area is 485 Å². The van der Waals surface area contributed by atoms with Gasteiger partial charge in [0.15, 0.2) is 23.0 Å². The number of hydrogen-bond acceptors (Lipinski definition) is 16. The maximum atomic E-state index is 14.2. The topological polar surface area (TPSA) is 275 Å². The molecule has 4 aliphatic heterocycles. The number of methoxy groups -OCH3 is 2. The molecule has 1 saturated carbocycles. The second kappa shape index (κ2) is 26.6. The minimum Gasteiger partial charge on any atom is -0.493 e. The van der Waals surface area contributed by atoms with Crippen molar-refractivity contribution in [1.82, 2.24) is 30.4 Å². The Morgan fingerprint density at radius 3 is 2.05 bits per heavy atom. The molecule has 21 nitrogen and oxygen atoms in total. The summed E-state index contributed by atoms with van der Waals surface area (Å²) in [4.78, 5) is 79.8. The quantitative estimate of drug-likeness (QED) is 0.0233. The van der Waals surface area contributed by atoms with E-state index in [1.165, 1.54) is 25.2 Å². The second-order valence-electron chi connectivity index (χ2n) is 22.5. The van der Waals surface area contributed by atoms with E-state index in [0.29, 0.717) is 121 Å². The average Bonchev–Trinajstić information content (AvgIpc) is 2.54. The van der Waals surface area contributed by atoms with Crippen LogP contribution in [-0.4, -0.2) is 142 Å². The van der Waals surface area contributed by atoms with Crippen molar-refractivity contribution in [2.24, 2.45) is 17.1 Å². The first-order valence-electron chi connectivity index (χ1n) is 28.7. The van der Waals surface area contributed by atoms with Crippen LogP contribution in [0, 0.1) is 23.2 Å². The van der Waals surface area contributed by atoms with E-state index in [1.807, 2.05) is 49.2 Å². The highest BCUT2D eigenvalue weighted by atomic mass is 32.2. The van der Waals surface area contributed by atoms with Gasteiger partial charge in [-0.3, -0.25) is 24.0 Å². The summed E-state index contributed by atoms with van der Waals surface area (Å²) in [6.07, 6.45) is 14.4. The summed E-state index contributed by atoms with van der Waals surface area (Å²) in [5, 5.41) is 15.4. The molecule has 5 amide bonds. The number of carbonyl (C=O) groups is 5. The molecule has 1 aliphatic carbocycles. The van der Waals surface area contributed by atoms with Crippen molar-refractivity contribution in [2.45, 2.75) is 127 Å². The summed E-state index contributed by atoms with van der Waals surface area (Å²) in [7, 11) is -0.381. The summed E-state index contributed by atoms with van der Waals surface area (Å²) in [5.41, 5.74) is 11.4. The van der Waals surface area contributed by atoms with Gasteiger partial charge in [0.25, 0.3) is 11.8 Å². The number of nitrogens with zero attached hydrogens (tertiary/aromatic N) is 4. The molecule has 5 aliphatic rings. The van der Waals surface area contributed by atoms with Crippen molar-refractivity contribution in [2.75, 3.05) is 75.8 Å². The molecule has 1 saturated heterocycles. The van der Waals surface area contributed by atoms with E-state index in [9.17, 15) is 32.4 Å². The third-order valence-electron chi connectivity index (χ3n) is 15.9. The van der Waals surface area contributed by atoms with Gasteiger partial charge in [0, 0.05) is 81.2 Å². The van der Waals surface area contributed by atoms with Crippen molar-refractivity contribution in [3.8, 4) is 34.8 Å². The van der Waals surface area contributed by atoms with Gasteiger partial charge in [0.05, 0.1) is 61.5 Å². The SMILES string of the molecule is COc1cc2c(cc1OCCCCCOc1cc3c(cc1OC)C(=O)N1CC4(CC4)C[C@H]1CN3)NC[C@@H]1CC(c3ccc(NC(=O)[C@H](CCCCN)NC(=O)[C@@H](NC(=O)CCCC#Cc4cnc(S(C)(=O)=O)nc4)C(C)C)cc3)=CN1C2=O. The highest BCUT2D eigenvalue weighted by molar-refractivity contribution is 7.90. The van der Waals surface area contributed by atoms with Crippen LogP contribution in [0.2, 0.25) is 0 Å². The summed E-state index contributed by atoms with van der Waals surface area (Å²) in [6, 6.07) is 12.8. The number of hydrogen-bond donors (Lipinski definition) is 6. The van der Waals surface area contributed by atoms with Crippen molar-refractivity contribution in [3.63, 3.8) is 0 Å². The van der Waals surface area contributed by atoms with Gasteiger partial charge in [-0.15, -0.1) is 0 Å². The molecule has 4 atom stereocenters. The molecule has 1 spiro atoms. The predicted molar refractivity (Wildman–Crippen MR) is 314 cm³/mol. The standard InChI is InChI=1S/C61H76N10O11S/c1-38(2)55(69-54(72)16-9-6-8-14-39-32-65-60(66-33-39)83(5,77)78)57(74)68-47(15-10-11-23-62)56(73)67-42-19-17-40(18-20-42)41-26-43-34-63-48-29-52(50(79-3)27-45(48)58(75)70(43)36-41)81-24-12-7-13-25-82-53-30-49-46(28-51(53)80-4)59(76)71-37-61(21-22-61)31-44(71)35-64-49/h17-20,27-30,32-33,36,38,43-44,47,55,63-64H,6-7,9-13,15-16,21-26,31,34-35,37,62H2,1-5H3,(H,67,73)(H,68,74)(H,69,72)/t43-,44-,47-,55-/m0/s1. The van der Waals surface area contributed by atoms with Crippen LogP contribution in [0.4, 0.5) is 17.1 Å². The van der Waals surface area contributed by atoms with Gasteiger partial charge in [-0.25, -0.2) is 18.4 Å². The minimum atomic E-state index is -3.53. The number of unbranched alkanes of at least 4 members (excludes halogenated alkanes) is 4. The van der Waals surface area contributed by atoms with Gasteiger partial charge < -0.3 is 61.1 Å². The van der Waals surface area contributed by atoms with Gasteiger partial charge in [0.1, 0.15) is 12.1 Å². The fourth-order valence-corrected chi connectivity index (χ4v) is 11.6. The molecule has 22 heteroatoms. The number of nitrogens with one attached hydrogen (secondary N) is 5. The highest BCUT2D eigenvalue weighted by Gasteiger charge is 2.54. The molecule has 1 aromatic heterocycles. The van der Waals surface area contributed by atoms with Gasteiger partial charge >= 0.3 is 0 Å². The number of anilines is 3. The van der Waals surface area contributed by atoms with Crippen LogP contribution in [0.15, 0.2) is 72.3 Å². The molecule has 7 N–H and O–H groups in total. The van der Waals surface area contributed by atoms with Crippen LogP contribution in [0.3, 0.4) is 0 Å². The predicted octanol–water partition coefficient (Wildman–Crippen LogP) is 6.54. The third kappa shape index (κ3) is 14.7. The van der Waals surface area contributed by atoms with E-state index >= 15 is 0 Å². The number of carbonyl (C=O) groups excluding carboxylic acids is 5. The molecule has 2 fully saturated rings.